The number of benzene rings is 4. The first-order valence-electron chi connectivity index (χ1n) is 12.6. The Morgan fingerprint density at radius 3 is 2.48 bits per heavy atom. The number of fused-ring (bicyclic) bond motifs is 3. The van der Waals surface area contributed by atoms with Gasteiger partial charge < -0.3 is 19.4 Å². The number of ether oxygens (including phenoxy) is 1. The molecule has 2 aromatic heterocycles. The van der Waals surface area contributed by atoms with Gasteiger partial charge in [0.1, 0.15) is 0 Å². The first-order valence-corrected chi connectivity index (χ1v) is 13.4. The molecular formula is C33H23N4OPtS-3. The molecule has 1 aliphatic heterocycles. The molecule has 0 bridgehead atoms. The molecule has 1 aliphatic rings. The van der Waals surface area contributed by atoms with E-state index in [4.69, 9.17) is 4.74 Å². The predicted octanol–water partition coefficient (Wildman–Crippen LogP) is 8.65. The van der Waals surface area contributed by atoms with Gasteiger partial charge in [-0.25, -0.2) is 16.3 Å². The van der Waals surface area contributed by atoms with Crippen molar-refractivity contribution in [3.63, 3.8) is 0 Å². The van der Waals surface area contributed by atoms with Crippen molar-refractivity contribution in [2.24, 2.45) is 0 Å². The number of hydrogen-bond donors (Lipinski definition) is 0. The van der Waals surface area contributed by atoms with Crippen LogP contribution in [-0.4, -0.2) is 16.9 Å². The van der Waals surface area contributed by atoms with Gasteiger partial charge in [0, 0.05) is 49.5 Å². The molecule has 5 nitrogen and oxygen atoms in total. The zero-order chi connectivity index (χ0) is 26.2. The molecule has 0 aliphatic carbocycles. The monoisotopic (exact) mass is 718 g/mol. The summed E-state index contributed by atoms with van der Waals surface area (Å²) in [6.07, 6.45) is 5.80. The van der Waals surface area contributed by atoms with Gasteiger partial charge in [0.05, 0.1) is 0 Å². The minimum Gasteiger partial charge on any atom is -0.510 e. The van der Waals surface area contributed by atoms with Crippen molar-refractivity contribution >= 4 is 54.3 Å². The summed E-state index contributed by atoms with van der Waals surface area (Å²) in [4.78, 5) is 10.6. The second-order valence-corrected chi connectivity index (χ2v) is 10.2. The zero-order valence-corrected chi connectivity index (χ0v) is 24.6. The van der Waals surface area contributed by atoms with E-state index in [9.17, 15) is 0 Å². The van der Waals surface area contributed by atoms with E-state index in [0.29, 0.717) is 11.6 Å². The van der Waals surface area contributed by atoms with Gasteiger partial charge in [-0.3, -0.25) is 0 Å². The van der Waals surface area contributed by atoms with Gasteiger partial charge in [-0.2, -0.15) is 12.7 Å². The first kappa shape index (κ1) is 26.1. The largest absolute Gasteiger partial charge is 0.510 e. The summed E-state index contributed by atoms with van der Waals surface area (Å²) in [5.41, 5.74) is 3.77. The molecule has 0 spiro atoms. The Morgan fingerprint density at radius 1 is 0.850 bits per heavy atom. The van der Waals surface area contributed by atoms with Crippen LogP contribution >= 0.6 is 11.3 Å². The number of aromatic nitrogens is 1. The number of anilines is 4. The van der Waals surface area contributed by atoms with Crippen LogP contribution in [0, 0.1) is 18.8 Å². The van der Waals surface area contributed by atoms with E-state index in [-0.39, 0.29) is 21.1 Å². The Labute approximate surface area is 251 Å². The third kappa shape index (κ3) is 4.97. The molecular weight excluding hydrogens is 696 g/mol. The average Bonchev–Trinajstić information content (AvgIpc) is 3.58. The van der Waals surface area contributed by atoms with Crippen LogP contribution in [0.5, 0.6) is 11.6 Å². The third-order valence-corrected chi connectivity index (χ3v) is 7.70. The van der Waals surface area contributed by atoms with E-state index in [0.717, 1.165) is 27.4 Å². The van der Waals surface area contributed by atoms with Gasteiger partial charge in [-0.05, 0) is 54.8 Å². The number of rotatable bonds is 6. The average molecular weight is 719 g/mol. The first-order chi connectivity index (χ1) is 19.2. The maximum atomic E-state index is 6.06. The molecule has 7 rings (SSSR count). The van der Waals surface area contributed by atoms with Crippen LogP contribution in [0.1, 0.15) is 0 Å². The van der Waals surface area contributed by atoms with E-state index in [1.54, 1.807) is 17.5 Å². The van der Waals surface area contributed by atoms with Crippen LogP contribution in [-0.2, 0) is 21.1 Å². The molecule has 200 valence electrons. The Kier molecular flexibility index (Phi) is 7.29. The van der Waals surface area contributed by atoms with Gasteiger partial charge in [-0.1, -0.05) is 52.9 Å². The quantitative estimate of drug-likeness (QED) is 0.161. The van der Waals surface area contributed by atoms with Gasteiger partial charge >= 0.3 is 0 Å². The summed E-state index contributed by atoms with van der Waals surface area (Å²) < 4.78 is 8.46. The van der Waals surface area contributed by atoms with E-state index >= 15 is 0 Å². The Hall–Kier alpha value is -4.12. The molecule has 40 heavy (non-hydrogen) atoms. The summed E-state index contributed by atoms with van der Waals surface area (Å²) in [5.74, 6) is 1.12. The molecule has 6 aromatic rings. The predicted molar refractivity (Wildman–Crippen MR) is 160 cm³/mol. The standard InChI is InChI=1S/C33H23N4OS.Pt/c1-35-18-19-36(23-35)26-21-29-28-14-5-6-15-31(28)39-33(29)30(22-26)37(24-10-3-2-4-11-24)25-12-9-13-27(20-25)38-32-16-7-8-17-34-32;/h2-19,21,23H,1H3;/q-3;. The second-order valence-electron chi connectivity index (χ2n) is 9.17. The maximum absolute atomic E-state index is 6.06. The third-order valence-electron chi connectivity index (χ3n) is 6.51. The van der Waals surface area contributed by atoms with Gasteiger partial charge in [-0.15, -0.1) is 41.4 Å². The Morgan fingerprint density at radius 2 is 1.68 bits per heavy atom. The van der Waals surface area contributed by atoms with Crippen molar-refractivity contribution in [1.29, 1.82) is 0 Å². The minimum absolute atomic E-state index is 0. The molecule has 0 saturated carbocycles. The van der Waals surface area contributed by atoms with Crippen LogP contribution < -0.4 is 14.5 Å². The Bertz CT molecular complexity index is 1810. The van der Waals surface area contributed by atoms with Gasteiger partial charge in [0.2, 0.25) is 5.88 Å². The van der Waals surface area contributed by atoms with E-state index in [1.807, 2.05) is 60.6 Å². The molecule has 0 unspecified atom stereocenters. The van der Waals surface area contributed by atoms with Crippen molar-refractivity contribution < 1.29 is 25.8 Å². The molecule has 0 atom stereocenters. The van der Waals surface area contributed by atoms with Crippen molar-refractivity contribution in [1.82, 2.24) is 9.88 Å². The molecule has 3 heterocycles. The fourth-order valence-corrected chi connectivity index (χ4v) is 5.91. The summed E-state index contributed by atoms with van der Waals surface area (Å²) in [6.45, 7) is 2.05. The van der Waals surface area contributed by atoms with Crippen LogP contribution in [0.4, 0.5) is 22.7 Å². The van der Waals surface area contributed by atoms with Gasteiger partial charge in [0.25, 0.3) is 0 Å². The zero-order valence-electron chi connectivity index (χ0n) is 21.5. The number of para-hydroxylation sites is 1. The van der Waals surface area contributed by atoms with Crippen molar-refractivity contribution in [2.45, 2.75) is 0 Å². The molecule has 7 heteroatoms. The SMILES string of the molecule is CN1C=CN(c2[c-]c(N(c3[c-]c(Oc4ccccn4)ccc3)c3ccccc3)c3sc4ccccc4c3c2)[CH-]1.[Pt]. The van der Waals surface area contributed by atoms with Crippen LogP contribution in [0.25, 0.3) is 20.2 Å². The van der Waals surface area contributed by atoms with E-state index in [1.165, 1.54) is 15.5 Å². The summed E-state index contributed by atoms with van der Waals surface area (Å²) in [7, 11) is 2.02. The number of hydrogen-bond acceptors (Lipinski definition) is 6. The molecule has 0 N–H and O–H groups in total. The fourth-order valence-electron chi connectivity index (χ4n) is 4.74. The van der Waals surface area contributed by atoms with E-state index in [2.05, 4.69) is 94.4 Å². The topological polar surface area (TPSA) is 31.8 Å². The summed E-state index contributed by atoms with van der Waals surface area (Å²) in [5, 5.41) is 2.42. The minimum atomic E-state index is 0. The molecule has 0 saturated heterocycles. The van der Waals surface area contributed by atoms with Crippen molar-refractivity contribution in [3.05, 3.63) is 134 Å². The molecule has 0 radical (unpaired) electrons. The van der Waals surface area contributed by atoms with Crippen molar-refractivity contribution in [3.8, 4) is 11.6 Å². The number of pyridine rings is 1. The van der Waals surface area contributed by atoms with Crippen LogP contribution in [0.3, 0.4) is 0 Å². The fraction of sp³-hybridized carbons (Fsp3) is 0.0303. The summed E-state index contributed by atoms with van der Waals surface area (Å²) in [6, 6.07) is 39.9. The number of thiophene rings is 1. The van der Waals surface area contributed by atoms with Crippen LogP contribution in [0.2, 0.25) is 0 Å². The molecule has 0 amide bonds. The van der Waals surface area contributed by atoms with E-state index < -0.39 is 0 Å². The number of nitrogens with zero attached hydrogens (tertiary/aromatic N) is 4. The molecule has 0 fully saturated rings. The second kappa shape index (κ2) is 11.2. The summed E-state index contributed by atoms with van der Waals surface area (Å²) >= 11 is 1.78. The molecule has 4 aromatic carbocycles. The van der Waals surface area contributed by atoms with Crippen molar-refractivity contribution in [2.75, 3.05) is 16.8 Å². The normalized spacial score (nSPS) is 12.6. The maximum Gasteiger partial charge on any atom is 0.216 e. The smallest absolute Gasteiger partial charge is 0.216 e. The van der Waals surface area contributed by atoms with Crippen LogP contribution in [0.15, 0.2) is 116 Å². The Balaban J connectivity index is 0.00000289. The van der Waals surface area contributed by atoms with Gasteiger partial charge in [0.15, 0.2) is 0 Å².